The van der Waals surface area contributed by atoms with Crippen molar-refractivity contribution in [1.29, 1.82) is 0 Å². The monoisotopic (exact) mass is 556 g/mol. The molecule has 6 heteroatoms. The van der Waals surface area contributed by atoms with E-state index >= 15 is 0 Å². The molecule has 7 fully saturated rings. The van der Waals surface area contributed by atoms with Crippen LogP contribution in [-0.2, 0) is 0 Å². The number of hydrogen-bond donors (Lipinski definition) is 2. The van der Waals surface area contributed by atoms with E-state index < -0.39 is 0 Å². The van der Waals surface area contributed by atoms with Crippen LogP contribution in [0.2, 0.25) is 0 Å². The second-order valence-electron chi connectivity index (χ2n) is 15.4. The summed E-state index contributed by atoms with van der Waals surface area (Å²) in [7, 11) is 0. The molecule has 1 aromatic heterocycles. The van der Waals surface area contributed by atoms with Gasteiger partial charge in [0.05, 0.1) is 18.2 Å². The largest absolute Gasteiger partial charge is 0.493 e. The van der Waals surface area contributed by atoms with Crippen molar-refractivity contribution in [3.63, 3.8) is 0 Å². The molecule has 4 aliphatic carbocycles. The van der Waals surface area contributed by atoms with Crippen molar-refractivity contribution in [3.05, 3.63) is 48.7 Å². The minimum atomic E-state index is -0.312. The van der Waals surface area contributed by atoms with Crippen LogP contribution in [0.4, 0.5) is 4.79 Å². The van der Waals surface area contributed by atoms with Gasteiger partial charge in [0.2, 0.25) is 0 Å². The quantitative estimate of drug-likeness (QED) is 0.366. The third-order valence-electron chi connectivity index (χ3n) is 11.1. The Balaban J connectivity index is 1.18. The fraction of sp³-hybridized carbons (Fsp3) is 0.657. The Bertz CT molecular complexity index is 1280. The van der Waals surface area contributed by atoms with Crippen LogP contribution in [0.25, 0.3) is 10.9 Å². The van der Waals surface area contributed by atoms with Gasteiger partial charge in [-0.2, -0.15) is 0 Å². The molecule has 2 N–H and O–H groups in total. The molecule has 0 spiro atoms. The highest BCUT2D eigenvalue weighted by Gasteiger charge is 2.51. The van der Waals surface area contributed by atoms with Crippen molar-refractivity contribution in [2.75, 3.05) is 19.7 Å². The highest BCUT2D eigenvalue weighted by molar-refractivity contribution is 5.85. The predicted molar refractivity (Wildman–Crippen MR) is 164 cm³/mol. The molecule has 6 nitrogen and oxygen atoms in total. The van der Waals surface area contributed by atoms with E-state index in [1.165, 1.54) is 44.9 Å². The van der Waals surface area contributed by atoms with Gasteiger partial charge in [-0.25, -0.2) is 4.79 Å². The molecule has 2 aromatic rings. The number of urea groups is 1. The van der Waals surface area contributed by atoms with Crippen LogP contribution in [0, 0.1) is 35.0 Å². The highest BCUT2D eigenvalue weighted by atomic mass is 16.5. The number of nitrogens with zero attached hydrogens (tertiary/aromatic N) is 2. The SMILES string of the molecule is C=C[C@H]1CN2CC[C@H]1C[C@H]2[C@H](NC(=O)NC(C)(C)C)c1ccnc2ccc(OCC34CC5CC(CC(C5)C3)C4)cc12. The fourth-order valence-electron chi connectivity index (χ4n) is 9.83. The van der Waals surface area contributed by atoms with Gasteiger partial charge < -0.3 is 15.4 Å². The molecule has 4 heterocycles. The van der Waals surface area contributed by atoms with E-state index in [0.717, 1.165) is 66.1 Å². The molecule has 7 aliphatic rings. The lowest BCUT2D eigenvalue weighted by Crippen LogP contribution is -2.59. The molecule has 9 rings (SSSR count). The Labute approximate surface area is 245 Å². The Morgan fingerprint density at radius 2 is 1.88 bits per heavy atom. The summed E-state index contributed by atoms with van der Waals surface area (Å²) in [6, 6.07) is 8.47. The minimum Gasteiger partial charge on any atom is -0.493 e. The lowest BCUT2D eigenvalue weighted by Gasteiger charge is -2.56. The number of aromatic nitrogens is 1. The molecule has 3 saturated heterocycles. The number of piperidine rings is 3. The van der Waals surface area contributed by atoms with Crippen LogP contribution in [0.15, 0.2) is 43.1 Å². The number of fused-ring (bicyclic) bond motifs is 4. The van der Waals surface area contributed by atoms with Crippen molar-refractivity contribution in [2.24, 2.45) is 35.0 Å². The molecular formula is C35H48N4O2. The van der Waals surface area contributed by atoms with E-state index in [1.54, 1.807) is 0 Å². The topological polar surface area (TPSA) is 66.5 Å². The van der Waals surface area contributed by atoms with Gasteiger partial charge in [-0.15, -0.1) is 6.58 Å². The standard InChI is InChI=1S/C35H48N4O2/c1-5-25-20-39-11-9-26(25)15-31(39)32(37-33(40)38-34(2,3)4)28-8-10-36-30-7-6-27(16-29(28)30)41-21-35-17-22-12-23(18-35)14-24(13-22)19-35/h5-8,10,16,22-26,31-32H,1,9,11-15,17-21H2,2-4H3,(H2,37,38,40)/t22?,23?,24?,25-,26-,31-,32+,35?/m0/s1. The third kappa shape index (κ3) is 5.37. The number of ether oxygens (including phenoxy) is 1. The van der Waals surface area contributed by atoms with E-state index in [2.05, 4.69) is 52.5 Å². The van der Waals surface area contributed by atoms with Gasteiger partial charge in [0.15, 0.2) is 0 Å². The molecule has 220 valence electrons. The second-order valence-corrected chi connectivity index (χ2v) is 15.4. The van der Waals surface area contributed by atoms with Crippen LogP contribution >= 0.6 is 0 Å². The van der Waals surface area contributed by atoms with Crippen LogP contribution in [0.1, 0.15) is 83.7 Å². The molecule has 41 heavy (non-hydrogen) atoms. The van der Waals surface area contributed by atoms with Crippen LogP contribution in [-0.4, -0.2) is 47.2 Å². The van der Waals surface area contributed by atoms with Gasteiger partial charge in [-0.3, -0.25) is 9.88 Å². The van der Waals surface area contributed by atoms with Gasteiger partial charge >= 0.3 is 6.03 Å². The normalized spacial score (nSPS) is 36.2. The molecule has 1 unspecified atom stereocenters. The van der Waals surface area contributed by atoms with Crippen molar-refractivity contribution >= 4 is 16.9 Å². The zero-order valence-electron chi connectivity index (χ0n) is 25.2. The number of amides is 2. The van der Waals surface area contributed by atoms with Crippen LogP contribution in [0.3, 0.4) is 0 Å². The molecule has 5 atom stereocenters. The summed E-state index contributed by atoms with van der Waals surface area (Å²) in [5, 5.41) is 7.65. The lowest BCUT2D eigenvalue weighted by molar-refractivity contribution is -0.0745. The van der Waals surface area contributed by atoms with Gasteiger partial charge in [-0.05, 0) is 138 Å². The van der Waals surface area contributed by atoms with Gasteiger partial charge in [0, 0.05) is 35.1 Å². The number of rotatable bonds is 7. The average Bonchev–Trinajstić information content (AvgIpc) is 2.93. The summed E-state index contributed by atoms with van der Waals surface area (Å²) in [5.41, 5.74) is 2.14. The number of carbonyl (C=O) groups is 1. The Kier molecular flexibility index (Phi) is 6.84. The van der Waals surface area contributed by atoms with E-state index in [-0.39, 0.29) is 23.7 Å². The number of carbonyl (C=O) groups excluding carboxylic acids is 1. The van der Waals surface area contributed by atoms with Crippen LogP contribution < -0.4 is 15.4 Å². The first-order valence-corrected chi connectivity index (χ1v) is 16.1. The summed E-state index contributed by atoms with van der Waals surface area (Å²) in [5.74, 6) is 4.84. The first-order chi connectivity index (χ1) is 19.7. The Hall–Kier alpha value is -2.60. The second kappa shape index (κ2) is 10.3. The zero-order valence-corrected chi connectivity index (χ0v) is 25.2. The number of benzene rings is 1. The number of pyridine rings is 1. The van der Waals surface area contributed by atoms with E-state index in [1.807, 2.05) is 27.0 Å². The Morgan fingerprint density at radius 3 is 2.51 bits per heavy atom. The maximum Gasteiger partial charge on any atom is 0.315 e. The summed E-state index contributed by atoms with van der Waals surface area (Å²) in [6.45, 7) is 13.1. The molecule has 2 amide bonds. The fourth-order valence-corrected chi connectivity index (χ4v) is 9.83. The predicted octanol–water partition coefficient (Wildman–Crippen LogP) is 6.87. The smallest absolute Gasteiger partial charge is 0.315 e. The summed E-state index contributed by atoms with van der Waals surface area (Å²) < 4.78 is 6.66. The van der Waals surface area contributed by atoms with Gasteiger partial charge in [0.25, 0.3) is 0 Å². The first kappa shape index (κ1) is 27.2. The molecule has 3 aliphatic heterocycles. The zero-order chi connectivity index (χ0) is 28.4. The van der Waals surface area contributed by atoms with E-state index in [4.69, 9.17) is 9.72 Å². The number of nitrogens with one attached hydrogen (secondary N) is 2. The van der Waals surface area contributed by atoms with Crippen molar-refractivity contribution in [1.82, 2.24) is 20.5 Å². The summed E-state index contributed by atoms with van der Waals surface area (Å²) in [6.07, 6.45) is 14.7. The van der Waals surface area contributed by atoms with Gasteiger partial charge in [0.1, 0.15) is 5.75 Å². The first-order valence-electron chi connectivity index (χ1n) is 16.1. The minimum absolute atomic E-state index is 0.121. The van der Waals surface area contributed by atoms with E-state index in [0.29, 0.717) is 17.3 Å². The van der Waals surface area contributed by atoms with Crippen molar-refractivity contribution in [2.45, 2.75) is 89.8 Å². The maximum atomic E-state index is 13.3. The highest BCUT2D eigenvalue weighted by Crippen LogP contribution is 2.60. The Morgan fingerprint density at radius 1 is 1.15 bits per heavy atom. The lowest BCUT2D eigenvalue weighted by atomic mass is 9.50. The maximum absolute atomic E-state index is 13.3. The number of hydrogen-bond acceptors (Lipinski definition) is 4. The van der Waals surface area contributed by atoms with E-state index in [9.17, 15) is 4.79 Å². The summed E-state index contributed by atoms with van der Waals surface area (Å²) >= 11 is 0. The molecule has 6 bridgehead atoms. The molecule has 0 radical (unpaired) electrons. The average molecular weight is 557 g/mol. The molecular weight excluding hydrogens is 508 g/mol. The van der Waals surface area contributed by atoms with Crippen molar-refractivity contribution in [3.8, 4) is 5.75 Å². The van der Waals surface area contributed by atoms with Gasteiger partial charge in [-0.1, -0.05) is 6.08 Å². The molecule has 4 saturated carbocycles. The summed E-state index contributed by atoms with van der Waals surface area (Å²) in [4.78, 5) is 20.6. The third-order valence-corrected chi connectivity index (χ3v) is 11.1. The van der Waals surface area contributed by atoms with Crippen LogP contribution in [0.5, 0.6) is 5.75 Å². The molecule has 1 aromatic carbocycles. The van der Waals surface area contributed by atoms with Crippen molar-refractivity contribution < 1.29 is 9.53 Å².